The summed E-state index contributed by atoms with van der Waals surface area (Å²) in [6, 6.07) is 5.09. The van der Waals surface area contributed by atoms with Gasteiger partial charge in [-0.15, -0.1) is 0 Å². The molecule has 0 unspecified atom stereocenters. The molecule has 2 N–H and O–H groups in total. The number of anilines is 1. The second kappa shape index (κ2) is 3.33. The highest BCUT2D eigenvalue weighted by molar-refractivity contribution is 5.83. The molecule has 0 fully saturated rings. The van der Waals surface area contributed by atoms with E-state index in [1.165, 1.54) is 6.07 Å². The van der Waals surface area contributed by atoms with Gasteiger partial charge >= 0.3 is 0 Å². The van der Waals surface area contributed by atoms with Crippen LogP contribution in [0.4, 0.5) is 10.1 Å². The first-order valence-corrected chi connectivity index (χ1v) is 4.76. The van der Waals surface area contributed by atoms with Crippen LogP contribution in [0.5, 0.6) is 0 Å². The molecule has 74 valence electrons. The normalized spacial score (nSPS) is 11.0. The van der Waals surface area contributed by atoms with Crippen molar-refractivity contribution in [3.8, 4) is 0 Å². The van der Waals surface area contributed by atoms with Crippen molar-refractivity contribution in [2.75, 3.05) is 5.73 Å². The molecular weight excluding hydrogens is 179 g/mol. The first-order valence-electron chi connectivity index (χ1n) is 4.76. The van der Waals surface area contributed by atoms with Crippen LogP contribution in [0.2, 0.25) is 0 Å². The molecule has 1 aromatic carbocycles. The van der Waals surface area contributed by atoms with E-state index < -0.39 is 0 Å². The summed E-state index contributed by atoms with van der Waals surface area (Å²) in [5, 5.41) is 0.908. The minimum Gasteiger partial charge on any atom is -0.396 e. The molecule has 3 heteroatoms. The van der Waals surface area contributed by atoms with Crippen molar-refractivity contribution in [3.63, 3.8) is 0 Å². The SMILES string of the molecule is CCCn1ccc2cc(F)c(N)cc21. The average molecular weight is 192 g/mol. The molecule has 1 aromatic heterocycles. The van der Waals surface area contributed by atoms with Crippen molar-refractivity contribution in [1.82, 2.24) is 4.57 Å². The molecule has 0 aliphatic carbocycles. The van der Waals surface area contributed by atoms with Gasteiger partial charge in [-0.1, -0.05) is 6.92 Å². The fraction of sp³-hybridized carbons (Fsp3) is 0.273. The van der Waals surface area contributed by atoms with Gasteiger partial charge in [0, 0.05) is 18.1 Å². The summed E-state index contributed by atoms with van der Waals surface area (Å²) in [7, 11) is 0. The first-order chi connectivity index (χ1) is 6.72. The molecule has 2 rings (SSSR count). The summed E-state index contributed by atoms with van der Waals surface area (Å²) in [6.45, 7) is 3.05. The number of fused-ring (bicyclic) bond motifs is 1. The molecule has 0 radical (unpaired) electrons. The van der Waals surface area contributed by atoms with Gasteiger partial charge in [0.1, 0.15) is 5.82 Å². The zero-order valence-corrected chi connectivity index (χ0v) is 8.13. The summed E-state index contributed by atoms with van der Waals surface area (Å²) < 4.78 is 15.2. The lowest BCUT2D eigenvalue weighted by atomic mass is 10.2. The van der Waals surface area contributed by atoms with Crippen LogP contribution in [0.15, 0.2) is 24.4 Å². The third kappa shape index (κ3) is 1.35. The number of aromatic nitrogens is 1. The number of rotatable bonds is 2. The lowest BCUT2D eigenvalue weighted by Gasteiger charge is -2.03. The van der Waals surface area contributed by atoms with Crippen LogP contribution in [0.3, 0.4) is 0 Å². The average Bonchev–Trinajstić information content (AvgIpc) is 2.51. The highest BCUT2D eigenvalue weighted by Gasteiger charge is 2.04. The number of halogens is 1. The van der Waals surface area contributed by atoms with Crippen molar-refractivity contribution in [3.05, 3.63) is 30.2 Å². The molecule has 0 bridgehead atoms. The van der Waals surface area contributed by atoms with Gasteiger partial charge in [0.15, 0.2) is 0 Å². The van der Waals surface area contributed by atoms with E-state index in [0.717, 1.165) is 23.9 Å². The van der Waals surface area contributed by atoms with Crippen molar-refractivity contribution in [2.24, 2.45) is 0 Å². The van der Waals surface area contributed by atoms with Crippen LogP contribution in [-0.4, -0.2) is 4.57 Å². The molecule has 1 heterocycles. The summed E-state index contributed by atoms with van der Waals surface area (Å²) >= 11 is 0. The monoisotopic (exact) mass is 192 g/mol. The van der Waals surface area contributed by atoms with Gasteiger partial charge < -0.3 is 10.3 Å². The van der Waals surface area contributed by atoms with Gasteiger partial charge in [-0.25, -0.2) is 4.39 Å². The molecule has 14 heavy (non-hydrogen) atoms. The van der Waals surface area contributed by atoms with Gasteiger partial charge in [0.05, 0.1) is 11.2 Å². The van der Waals surface area contributed by atoms with E-state index >= 15 is 0 Å². The van der Waals surface area contributed by atoms with E-state index in [2.05, 4.69) is 11.5 Å². The highest BCUT2D eigenvalue weighted by Crippen LogP contribution is 2.22. The van der Waals surface area contributed by atoms with Crippen LogP contribution in [0.25, 0.3) is 10.9 Å². The topological polar surface area (TPSA) is 30.9 Å². The zero-order chi connectivity index (χ0) is 10.1. The molecule has 2 aromatic rings. The zero-order valence-electron chi connectivity index (χ0n) is 8.13. The number of nitrogens with two attached hydrogens (primary N) is 1. The second-order valence-corrected chi connectivity index (χ2v) is 3.44. The van der Waals surface area contributed by atoms with Crippen molar-refractivity contribution in [2.45, 2.75) is 19.9 Å². The van der Waals surface area contributed by atoms with Crippen LogP contribution in [0, 0.1) is 5.82 Å². The molecular formula is C11H13FN2. The van der Waals surface area contributed by atoms with E-state index in [4.69, 9.17) is 5.73 Å². The number of aryl methyl sites for hydroxylation is 1. The Balaban J connectivity index is 2.61. The minimum atomic E-state index is -0.341. The summed E-state index contributed by atoms with van der Waals surface area (Å²) in [6.07, 6.45) is 3.02. The number of benzene rings is 1. The van der Waals surface area contributed by atoms with Gasteiger partial charge in [-0.05, 0) is 24.6 Å². The molecule has 0 saturated heterocycles. The van der Waals surface area contributed by atoms with Gasteiger partial charge in [-0.3, -0.25) is 0 Å². The predicted octanol–water partition coefficient (Wildman–Crippen LogP) is 2.77. The largest absolute Gasteiger partial charge is 0.396 e. The number of nitrogens with zero attached hydrogens (tertiary/aromatic N) is 1. The molecule has 2 nitrogen and oxygen atoms in total. The number of hydrogen-bond donors (Lipinski definition) is 1. The second-order valence-electron chi connectivity index (χ2n) is 3.44. The summed E-state index contributed by atoms with van der Waals surface area (Å²) in [5.41, 5.74) is 6.74. The van der Waals surface area contributed by atoms with Crippen molar-refractivity contribution >= 4 is 16.6 Å². The highest BCUT2D eigenvalue weighted by atomic mass is 19.1. The van der Waals surface area contributed by atoms with Crippen LogP contribution < -0.4 is 5.73 Å². The maximum absolute atomic E-state index is 13.1. The lowest BCUT2D eigenvalue weighted by molar-refractivity contribution is 0.634. The Morgan fingerprint density at radius 3 is 2.93 bits per heavy atom. The fourth-order valence-electron chi connectivity index (χ4n) is 1.66. The number of hydrogen-bond acceptors (Lipinski definition) is 1. The Hall–Kier alpha value is -1.51. The third-order valence-corrected chi connectivity index (χ3v) is 2.35. The first kappa shape index (κ1) is 9.06. The van der Waals surface area contributed by atoms with Crippen LogP contribution in [-0.2, 0) is 6.54 Å². The Morgan fingerprint density at radius 2 is 2.21 bits per heavy atom. The molecule has 0 aliphatic heterocycles. The van der Waals surface area contributed by atoms with Crippen LogP contribution in [0.1, 0.15) is 13.3 Å². The molecule has 0 aliphatic rings. The van der Waals surface area contributed by atoms with Crippen molar-refractivity contribution < 1.29 is 4.39 Å². The van der Waals surface area contributed by atoms with E-state index in [1.807, 2.05) is 12.3 Å². The molecule has 0 spiro atoms. The minimum absolute atomic E-state index is 0.216. The smallest absolute Gasteiger partial charge is 0.146 e. The van der Waals surface area contributed by atoms with E-state index in [-0.39, 0.29) is 11.5 Å². The van der Waals surface area contributed by atoms with Gasteiger partial charge in [0.2, 0.25) is 0 Å². The number of nitrogen functional groups attached to an aromatic ring is 1. The predicted molar refractivity (Wildman–Crippen MR) is 56.6 cm³/mol. The Kier molecular flexibility index (Phi) is 2.15. The maximum atomic E-state index is 13.1. The van der Waals surface area contributed by atoms with E-state index in [1.54, 1.807) is 6.07 Å². The quantitative estimate of drug-likeness (QED) is 0.729. The molecule has 0 atom stereocenters. The summed E-state index contributed by atoms with van der Waals surface area (Å²) in [5.74, 6) is -0.341. The fourth-order valence-corrected chi connectivity index (χ4v) is 1.66. The molecule has 0 amide bonds. The summed E-state index contributed by atoms with van der Waals surface area (Å²) in [4.78, 5) is 0. The maximum Gasteiger partial charge on any atom is 0.146 e. The Labute approximate surface area is 82.1 Å². The van der Waals surface area contributed by atoms with Gasteiger partial charge in [-0.2, -0.15) is 0 Å². The Bertz CT molecular complexity index is 460. The molecule has 0 saturated carbocycles. The Morgan fingerprint density at radius 1 is 1.43 bits per heavy atom. The lowest BCUT2D eigenvalue weighted by Crippen LogP contribution is -1.96. The van der Waals surface area contributed by atoms with E-state index in [9.17, 15) is 4.39 Å². The van der Waals surface area contributed by atoms with Gasteiger partial charge in [0.25, 0.3) is 0 Å². The van der Waals surface area contributed by atoms with Crippen LogP contribution >= 0.6 is 0 Å². The van der Waals surface area contributed by atoms with E-state index in [0.29, 0.717) is 0 Å². The third-order valence-electron chi connectivity index (χ3n) is 2.35. The van der Waals surface area contributed by atoms with Crippen molar-refractivity contribution in [1.29, 1.82) is 0 Å². The standard InChI is InChI=1S/C11H13FN2/c1-2-4-14-5-3-8-6-9(12)10(13)7-11(8)14/h3,5-7H,2,4,13H2,1H3.